The minimum Gasteiger partial charge on any atom is -0.296 e. The van der Waals surface area contributed by atoms with Crippen LogP contribution in [0.25, 0.3) is 10.4 Å². The predicted molar refractivity (Wildman–Crippen MR) is 101 cm³/mol. The maximum atomic E-state index is 12.5. The first kappa shape index (κ1) is 17.5. The normalized spacial score (nSPS) is 10.9. The average Bonchev–Trinajstić information content (AvgIpc) is 2.96. The standard InChI is InChI=1S/C18H17ClN4OS/c1-10(2)16-20-9-13(19)14(22-16)17(24)23-18-21-11(3)15(25-18)12-7-5-4-6-8-12/h4-10H,1-3H3,(H,21,23,24). The third-order valence-electron chi connectivity index (χ3n) is 3.55. The lowest BCUT2D eigenvalue weighted by molar-refractivity contribution is 0.102. The number of nitrogens with zero attached hydrogens (tertiary/aromatic N) is 3. The van der Waals surface area contributed by atoms with E-state index >= 15 is 0 Å². The van der Waals surface area contributed by atoms with Crippen LogP contribution in [-0.2, 0) is 0 Å². The molecule has 2 heterocycles. The van der Waals surface area contributed by atoms with Crippen LogP contribution in [0.1, 0.15) is 41.8 Å². The Kier molecular flexibility index (Phi) is 5.11. The van der Waals surface area contributed by atoms with Crippen molar-refractivity contribution in [3.8, 4) is 10.4 Å². The number of amides is 1. The summed E-state index contributed by atoms with van der Waals surface area (Å²) in [5.74, 6) is 0.299. The maximum Gasteiger partial charge on any atom is 0.277 e. The fourth-order valence-corrected chi connectivity index (χ4v) is 3.43. The van der Waals surface area contributed by atoms with E-state index in [1.807, 2.05) is 51.1 Å². The van der Waals surface area contributed by atoms with Gasteiger partial charge in [-0.05, 0) is 12.5 Å². The van der Waals surface area contributed by atoms with Crippen LogP contribution >= 0.6 is 22.9 Å². The molecule has 0 saturated heterocycles. The van der Waals surface area contributed by atoms with Gasteiger partial charge in [0.25, 0.3) is 5.91 Å². The number of hydrogen-bond donors (Lipinski definition) is 1. The molecule has 1 amide bonds. The topological polar surface area (TPSA) is 67.8 Å². The fourth-order valence-electron chi connectivity index (χ4n) is 2.28. The second kappa shape index (κ2) is 7.29. The van der Waals surface area contributed by atoms with Crippen molar-refractivity contribution in [1.29, 1.82) is 0 Å². The summed E-state index contributed by atoms with van der Waals surface area (Å²) in [6, 6.07) is 9.94. The van der Waals surface area contributed by atoms with E-state index < -0.39 is 0 Å². The van der Waals surface area contributed by atoms with Gasteiger partial charge in [-0.25, -0.2) is 15.0 Å². The molecule has 3 aromatic rings. The van der Waals surface area contributed by atoms with Gasteiger partial charge in [-0.1, -0.05) is 67.1 Å². The monoisotopic (exact) mass is 372 g/mol. The Balaban J connectivity index is 1.86. The lowest BCUT2D eigenvalue weighted by Crippen LogP contribution is -2.16. The van der Waals surface area contributed by atoms with Gasteiger partial charge >= 0.3 is 0 Å². The molecule has 1 aromatic carbocycles. The highest BCUT2D eigenvalue weighted by atomic mass is 35.5. The molecule has 0 unspecified atom stereocenters. The second-order valence-corrected chi connectivity index (χ2v) is 7.24. The van der Waals surface area contributed by atoms with Crippen LogP contribution in [0.2, 0.25) is 5.02 Å². The summed E-state index contributed by atoms with van der Waals surface area (Å²) >= 11 is 7.51. The summed E-state index contributed by atoms with van der Waals surface area (Å²) in [6.07, 6.45) is 1.46. The van der Waals surface area contributed by atoms with E-state index in [0.29, 0.717) is 11.0 Å². The molecule has 3 rings (SSSR count). The van der Waals surface area contributed by atoms with Crippen molar-refractivity contribution in [3.05, 3.63) is 58.8 Å². The number of nitrogens with one attached hydrogen (secondary N) is 1. The van der Waals surface area contributed by atoms with E-state index in [4.69, 9.17) is 11.6 Å². The van der Waals surface area contributed by atoms with Gasteiger partial charge in [-0.15, -0.1) is 0 Å². The molecule has 1 N–H and O–H groups in total. The molecule has 0 aliphatic heterocycles. The van der Waals surface area contributed by atoms with Crippen LogP contribution in [0.4, 0.5) is 5.13 Å². The minimum atomic E-state index is -0.386. The summed E-state index contributed by atoms with van der Waals surface area (Å²) in [5, 5.41) is 3.53. The number of thiazole rings is 1. The van der Waals surface area contributed by atoms with Crippen molar-refractivity contribution in [2.75, 3.05) is 5.32 Å². The Hall–Kier alpha value is -2.31. The number of aromatic nitrogens is 3. The largest absolute Gasteiger partial charge is 0.296 e. The summed E-state index contributed by atoms with van der Waals surface area (Å²) in [7, 11) is 0. The molecule has 2 aromatic heterocycles. The molecule has 7 heteroatoms. The quantitative estimate of drug-likeness (QED) is 0.704. The minimum absolute atomic E-state index is 0.107. The van der Waals surface area contributed by atoms with Crippen LogP contribution in [0.5, 0.6) is 0 Å². The van der Waals surface area contributed by atoms with E-state index in [1.54, 1.807) is 0 Å². The number of halogens is 1. The Morgan fingerprint density at radius 3 is 2.60 bits per heavy atom. The molecule has 0 fully saturated rings. The second-order valence-electron chi connectivity index (χ2n) is 5.83. The molecule has 0 aliphatic carbocycles. The van der Waals surface area contributed by atoms with Gasteiger partial charge in [0.1, 0.15) is 5.82 Å². The number of anilines is 1. The maximum absolute atomic E-state index is 12.5. The molecular weight excluding hydrogens is 356 g/mol. The van der Waals surface area contributed by atoms with Crippen molar-refractivity contribution in [1.82, 2.24) is 15.0 Å². The zero-order valence-electron chi connectivity index (χ0n) is 14.1. The van der Waals surface area contributed by atoms with Gasteiger partial charge in [0.15, 0.2) is 10.8 Å². The summed E-state index contributed by atoms with van der Waals surface area (Å²) in [6.45, 7) is 5.84. The Bertz CT molecular complexity index is 909. The molecule has 0 bridgehead atoms. The lowest BCUT2D eigenvalue weighted by atomic mass is 10.2. The van der Waals surface area contributed by atoms with Crippen LogP contribution in [-0.4, -0.2) is 20.9 Å². The molecule has 0 atom stereocenters. The first-order valence-corrected chi connectivity index (χ1v) is 9.01. The van der Waals surface area contributed by atoms with Gasteiger partial charge in [0, 0.05) is 5.92 Å². The number of aryl methyl sites for hydroxylation is 1. The summed E-state index contributed by atoms with van der Waals surface area (Å²) < 4.78 is 0. The molecular formula is C18H17ClN4OS. The van der Waals surface area contributed by atoms with Crippen molar-refractivity contribution in [3.63, 3.8) is 0 Å². The van der Waals surface area contributed by atoms with E-state index in [1.165, 1.54) is 17.5 Å². The number of rotatable bonds is 4. The first-order chi connectivity index (χ1) is 12.0. The van der Waals surface area contributed by atoms with E-state index in [9.17, 15) is 4.79 Å². The number of benzene rings is 1. The highest BCUT2D eigenvalue weighted by Crippen LogP contribution is 2.32. The van der Waals surface area contributed by atoms with Gasteiger partial charge in [0.05, 0.1) is 21.8 Å². The molecule has 0 aliphatic rings. The van der Waals surface area contributed by atoms with Gasteiger partial charge < -0.3 is 0 Å². The fraction of sp³-hybridized carbons (Fsp3) is 0.222. The average molecular weight is 373 g/mol. The van der Waals surface area contributed by atoms with Crippen molar-refractivity contribution >= 4 is 34.0 Å². The molecule has 0 spiro atoms. The molecule has 0 saturated carbocycles. The van der Waals surface area contributed by atoms with Crippen LogP contribution in [0, 0.1) is 6.92 Å². The molecule has 25 heavy (non-hydrogen) atoms. The number of carbonyl (C=O) groups is 1. The Labute approximate surface area is 155 Å². The smallest absolute Gasteiger partial charge is 0.277 e. The third kappa shape index (κ3) is 3.86. The first-order valence-electron chi connectivity index (χ1n) is 7.82. The van der Waals surface area contributed by atoms with Crippen LogP contribution in [0.3, 0.4) is 0 Å². The van der Waals surface area contributed by atoms with Crippen molar-refractivity contribution in [2.24, 2.45) is 0 Å². The van der Waals surface area contributed by atoms with Crippen molar-refractivity contribution in [2.45, 2.75) is 26.7 Å². The highest BCUT2D eigenvalue weighted by Gasteiger charge is 2.18. The lowest BCUT2D eigenvalue weighted by Gasteiger charge is -2.07. The SMILES string of the molecule is Cc1nc(NC(=O)c2nc(C(C)C)ncc2Cl)sc1-c1ccccc1. The van der Waals surface area contributed by atoms with Crippen LogP contribution in [0.15, 0.2) is 36.5 Å². The summed E-state index contributed by atoms with van der Waals surface area (Å²) in [5.41, 5.74) is 2.10. The molecule has 128 valence electrons. The predicted octanol–water partition coefficient (Wildman–Crippen LogP) is 4.94. The van der Waals surface area contributed by atoms with E-state index in [-0.39, 0.29) is 22.5 Å². The highest BCUT2D eigenvalue weighted by molar-refractivity contribution is 7.19. The third-order valence-corrected chi connectivity index (χ3v) is 4.95. The zero-order valence-corrected chi connectivity index (χ0v) is 15.6. The van der Waals surface area contributed by atoms with Gasteiger partial charge in [0.2, 0.25) is 0 Å². The van der Waals surface area contributed by atoms with Gasteiger partial charge in [-0.2, -0.15) is 0 Å². The number of hydrogen-bond acceptors (Lipinski definition) is 5. The number of carbonyl (C=O) groups excluding carboxylic acids is 1. The van der Waals surface area contributed by atoms with E-state index in [2.05, 4.69) is 20.3 Å². The Morgan fingerprint density at radius 1 is 1.20 bits per heavy atom. The summed E-state index contributed by atoms with van der Waals surface area (Å²) in [4.78, 5) is 26.4. The molecule has 0 radical (unpaired) electrons. The van der Waals surface area contributed by atoms with Crippen LogP contribution < -0.4 is 5.32 Å². The van der Waals surface area contributed by atoms with Gasteiger partial charge in [-0.3, -0.25) is 10.1 Å². The van der Waals surface area contributed by atoms with E-state index in [0.717, 1.165) is 16.1 Å². The molecule has 5 nitrogen and oxygen atoms in total. The Morgan fingerprint density at radius 2 is 1.92 bits per heavy atom. The zero-order chi connectivity index (χ0) is 18.0. The van der Waals surface area contributed by atoms with Crippen molar-refractivity contribution < 1.29 is 4.79 Å².